The van der Waals surface area contributed by atoms with Gasteiger partial charge < -0.3 is 4.57 Å². The molecule has 2 aromatic heterocycles. The molecule has 4 nitrogen and oxygen atoms in total. The third-order valence-electron chi connectivity index (χ3n) is 9.94. The highest BCUT2D eigenvalue weighted by atomic mass is 15.0. The molecule has 55 heavy (non-hydrogen) atoms. The quantitative estimate of drug-likeness (QED) is 0.166. The average molecular weight is 707 g/mol. The lowest BCUT2D eigenvalue weighted by Gasteiger charge is -2.15. The zero-order chi connectivity index (χ0) is 40.0. The molecule has 0 saturated carbocycles. The fourth-order valence-corrected chi connectivity index (χ4v) is 7.36. The topological polar surface area (TPSA) is 43.6 Å². The monoisotopic (exact) mass is 706 g/mol. The minimum Gasteiger partial charge on any atom is -0.309 e. The van der Waals surface area contributed by atoms with Gasteiger partial charge in [-0.2, -0.15) is 0 Å². The van der Waals surface area contributed by atoms with Crippen molar-refractivity contribution in [3.05, 3.63) is 206 Å². The Bertz CT molecular complexity index is 3070. The molecule has 0 bridgehead atoms. The van der Waals surface area contributed by atoms with E-state index in [0.717, 1.165) is 61.0 Å². The van der Waals surface area contributed by atoms with E-state index in [9.17, 15) is 2.74 Å². The number of rotatable bonds is 7. The van der Waals surface area contributed by atoms with Crippen LogP contribution in [0.5, 0.6) is 0 Å². The van der Waals surface area contributed by atoms with Gasteiger partial charge in [-0.25, -0.2) is 15.0 Å². The van der Waals surface area contributed by atoms with Crippen molar-refractivity contribution in [3.63, 3.8) is 0 Å². The van der Waals surface area contributed by atoms with Gasteiger partial charge in [-0.05, 0) is 64.2 Å². The molecule has 0 spiro atoms. The molecular formula is C51H34N4. The van der Waals surface area contributed by atoms with Crippen molar-refractivity contribution in [2.45, 2.75) is 0 Å². The molecule has 0 amide bonds. The summed E-state index contributed by atoms with van der Waals surface area (Å²) >= 11 is 0. The number of benzene rings is 8. The van der Waals surface area contributed by atoms with Crippen molar-refractivity contribution in [1.82, 2.24) is 19.5 Å². The lowest BCUT2D eigenvalue weighted by atomic mass is 9.92. The number of hydrogen-bond acceptors (Lipinski definition) is 3. The van der Waals surface area contributed by atoms with Gasteiger partial charge in [0.2, 0.25) is 0 Å². The molecule has 0 atom stereocenters. The zero-order valence-corrected chi connectivity index (χ0v) is 29.6. The molecule has 10 rings (SSSR count). The molecule has 8 aromatic carbocycles. The number of fused-ring (bicyclic) bond motifs is 3. The van der Waals surface area contributed by atoms with Gasteiger partial charge in [0.05, 0.1) is 16.5 Å². The Balaban J connectivity index is 1.25. The van der Waals surface area contributed by atoms with Crippen LogP contribution < -0.4 is 0 Å². The third kappa shape index (κ3) is 6.06. The maximum Gasteiger partial charge on any atom is 0.164 e. The fraction of sp³-hybridized carbons (Fsp3) is 0. The standard InChI is InChI=1S/C51H34N4/c1-5-17-35(18-6-1)40-31-41(36-19-7-2-8-20-36)33-42(32-40)44-28-16-29-46-45-27-13-14-30-47(45)55(48(44)46)43-26-15-25-39(34-43)51-53-49(37-21-9-3-10-22-37)52-50(54-51)38-23-11-4-12-24-38/h1-34H/i13D,14D,27D,30D. The number of aromatic nitrogens is 4. The van der Waals surface area contributed by atoms with Crippen LogP contribution >= 0.6 is 0 Å². The average Bonchev–Trinajstić information content (AvgIpc) is 3.67. The highest BCUT2D eigenvalue weighted by Gasteiger charge is 2.19. The van der Waals surface area contributed by atoms with Gasteiger partial charge in [-0.1, -0.05) is 170 Å². The summed E-state index contributed by atoms with van der Waals surface area (Å²) in [5.41, 5.74) is 10.4. The van der Waals surface area contributed by atoms with Crippen molar-refractivity contribution in [2.75, 3.05) is 0 Å². The summed E-state index contributed by atoms with van der Waals surface area (Å²) in [6, 6.07) is 59.9. The van der Waals surface area contributed by atoms with Gasteiger partial charge in [-0.15, -0.1) is 0 Å². The van der Waals surface area contributed by atoms with E-state index in [1.54, 1.807) is 0 Å². The maximum absolute atomic E-state index is 9.34. The number of hydrogen-bond donors (Lipinski definition) is 0. The molecular weight excluding hydrogens is 669 g/mol. The van der Waals surface area contributed by atoms with E-state index >= 15 is 0 Å². The lowest BCUT2D eigenvalue weighted by molar-refractivity contribution is 1.07. The predicted molar refractivity (Wildman–Crippen MR) is 227 cm³/mol. The Hall–Kier alpha value is -7.43. The van der Waals surface area contributed by atoms with Crippen LogP contribution in [0.3, 0.4) is 0 Å². The second-order valence-electron chi connectivity index (χ2n) is 13.4. The van der Waals surface area contributed by atoms with Gasteiger partial charge in [0.1, 0.15) is 0 Å². The summed E-state index contributed by atoms with van der Waals surface area (Å²) < 4.78 is 38.1. The normalized spacial score (nSPS) is 12.3. The Morgan fingerprint density at radius 3 is 1.42 bits per heavy atom. The first-order valence-corrected chi connectivity index (χ1v) is 18.2. The molecule has 0 aliphatic carbocycles. The van der Waals surface area contributed by atoms with Crippen LogP contribution in [0, 0.1) is 0 Å². The van der Waals surface area contributed by atoms with Crippen LogP contribution in [0.2, 0.25) is 0 Å². The summed E-state index contributed by atoms with van der Waals surface area (Å²) in [4.78, 5) is 14.9. The van der Waals surface area contributed by atoms with Crippen molar-refractivity contribution in [1.29, 1.82) is 0 Å². The summed E-state index contributed by atoms with van der Waals surface area (Å²) in [7, 11) is 0. The second kappa shape index (κ2) is 13.8. The first kappa shape index (κ1) is 28.1. The van der Waals surface area contributed by atoms with E-state index < -0.39 is 0 Å². The van der Waals surface area contributed by atoms with Crippen LogP contribution in [0.1, 0.15) is 5.48 Å². The molecule has 0 aliphatic heterocycles. The minimum atomic E-state index is -0.292. The van der Waals surface area contributed by atoms with Crippen molar-refractivity contribution in [3.8, 4) is 73.2 Å². The smallest absolute Gasteiger partial charge is 0.164 e. The summed E-state index contributed by atoms with van der Waals surface area (Å²) in [5.74, 6) is 1.56. The fourth-order valence-electron chi connectivity index (χ4n) is 7.36. The molecule has 0 fully saturated rings. The van der Waals surface area contributed by atoms with Crippen molar-refractivity contribution < 1.29 is 5.48 Å². The molecule has 0 radical (unpaired) electrons. The first-order valence-electron chi connectivity index (χ1n) is 20.2. The van der Waals surface area contributed by atoms with E-state index in [2.05, 4.69) is 48.5 Å². The second-order valence-corrected chi connectivity index (χ2v) is 13.4. The van der Waals surface area contributed by atoms with Gasteiger partial charge in [0.25, 0.3) is 0 Å². The Labute approximate surface area is 325 Å². The Kier molecular flexibility index (Phi) is 7.08. The van der Waals surface area contributed by atoms with Gasteiger partial charge in [0, 0.05) is 38.7 Å². The van der Waals surface area contributed by atoms with Crippen LogP contribution in [0.15, 0.2) is 206 Å². The maximum atomic E-state index is 9.34. The van der Waals surface area contributed by atoms with Crippen LogP contribution in [-0.2, 0) is 0 Å². The molecule has 0 unspecified atom stereocenters. The van der Waals surface area contributed by atoms with Gasteiger partial charge in [-0.3, -0.25) is 0 Å². The van der Waals surface area contributed by atoms with E-state index in [-0.39, 0.29) is 24.2 Å². The van der Waals surface area contributed by atoms with Crippen molar-refractivity contribution in [2.24, 2.45) is 0 Å². The van der Waals surface area contributed by atoms with E-state index in [0.29, 0.717) is 34.1 Å². The molecule has 10 aromatic rings. The van der Waals surface area contributed by atoms with Crippen LogP contribution in [-0.4, -0.2) is 19.5 Å². The van der Waals surface area contributed by atoms with Crippen LogP contribution in [0.25, 0.3) is 95.0 Å². The first-order chi connectivity index (χ1) is 28.9. The highest BCUT2D eigenvalue weighted by molar-refractivity contribution is 6.14. The highest BCUT2D eigenvalue weighted by Crippen LogP contribution is 2.41. The molecule has 2 heterocycles. The number of para-hydroxylation sites is 2. The molecule has 258 valence electrons. The molecule has 4 heteroatoms. The van der Waals surface area contributed by atoms with Gasteiger partial charge >= 0.3 is 0 Å². The molecule has 0 saturated heterocycles. The Morgan fingerprint density at radius 1 is 0.364 bits per heavy atom. The van der Waals surface area contributed by atoms with E-state index in [4.69, 9.17) is 17.7 Å². The van der Waals surface area contributed by atoms with E-state index in [1.165, 1.54) is 0 Å². The van der Waals surface area contributed by atoms with Crippen molar-refractivity contribution >= 4 is 21.8 Å². The molecule has 0 N–H and O–H groups in total. The lowest BCUT2D eigenvalue weighted by Crippen LogP contribution is -2.01. The van der Waals surface area contributed by atoms with Gasteiger partial charge in [0.15, 0.2) is 17.5 Å². The minimum absolute atomic E-state index is 0.0847. The van der Waals surface area contributed by atoms with E-state index in [1.807, 2.05) is 138 Å². The predicted octanol–water partition coefficient (Wildman–Crippen LogP) is 13.0. The largest absolute Gasteiger partial charge is 0.309 e. The zero-order valence-electron chi connectivity index (χ0n) is 33.6. The Morgan fingerprint density at radius 2 is 0.836 bits per heavy atom. The third-order valence-corrected chi connectivity index (χ3v) is 9.94. The summed E-state index contributed by atoms with van der Waals surface area (Å²) in [6.45, 7) is 0. The molecule has 0 aliphatic rings. The number of nitrogens with zero attached hydrogens (tertiary/aromatic N) is 4. The van der Waals surface area contributed by atoms with Crippen LogP contribution in [0.4, 0.5) is 0 Å². The SMILES string of the molecule is [2H]c1c([2H])c([2H])c2c(c1[2H])c1cccc(-c3cc(-c4ccccc4)cc(-c4ccccc4)c3)c1n2-c1cccc(-c2nc(-c3ccccc3)nc(-c3ccccc3)n2)c1. The summed E-state index contributed by atoms with van der Waals surface area (Å²) in [5, 5.41) is 1.18. The summed E-state index contributed by atoms with van der Waals surface area (Å²) in [6.07, 6.45) is 0.